The van der Waals surface area contributed by atoms with Gasteiger partial charge in [0.05, 0.1) is 5.92 Å². The van der Waals surface area contributed by atoms with Crippen LogP contribution in [-0.4, -0.2) is 31.3 Å². The summed E-state index contributed by atoms with van der Waals surface area (Å²) in [6, 6.07) is -0.690. The molecule has 0 bridgehead atoms. The van der Waals surface area contributed by atoms with Gasteiger partial charge in [-0.2, -0.15) is 8.78 Å². The van der Waals surface area contributed by atoms with Crippen LogP contribution >= 0.6 is 0 Å². The molecule has 88 valence electrons. The predicted octanol–water partition coefficient (Wildman–Crippen LogP) is 0.382. The molecule has 0 amide bonds. The van der Waals surface area contributed by atoms with Crippen molar-refractivity contribution in [3.8, 4) is 0 Å². The zero-order valence-corrected chi connectivity index (χ0v) is 8.51. The lowest BCUT2D eigenvalue weighted by Gasteiger charge is -2.11. The quantitative estimate of drug-likeness (QED) is 0.747. The summed E-state index contributed by atoms with van der Waals surface area (Å²) in [6.07, 6.45) is 0.663. The molecular formula is C7H11F2NO4S. The molecule has 8 heteroatoms. The van der Waals surface area contributed by atoms with Crippen molar-refractivity contribution in [2.24, 2.45) is 5.92 Å². The van der Waals surface area contributed by atoms with Crippen LogP contribution in [0.25, 0.3) is 0 Å². The molecule has 2 atom stereocenters. The fourth-order valence-corrected chi connectivity index (χ4v) is 2.38. The summed E-state index contributed by atoms with van der Waals surface area (Å²) in [5.74, 6) is -5.13. The third kappa shape index (κ3) is 3.10. The van der Waals surface area contributed by atoms with Gasteiger partial charge in [0.2, 0.25) is 0 Å². The van der Waals surface area contributed by atoms with E-state index in [0.717, 1.165) is 0 Å². The normalized spacial score (nSPS) is 27.1. The molecule has 15 heavy (non-hydrogen) atoms. The summed E-state index contributed by atoms with van der Waals surface area (Å²) < 4.78 is 47.2. The largest absolute Gasteiger partial charge is 0.481 e. The molecule has 1 saturated carbocycles. The van der Waals surface area contributed by atoms with Crippen LogP contribution in [0.1, 0.15) is 19.3 Å². The Morgan fingerprint density at radius 2 is 2.00 bits per heavy atom. The Bertz CT molecular complexity index is 343. The van der Waals surface area contributed by atoms with E-state index < -0.39 is 33.7 Å². The lowest BCUT2D eigenvalue weighted by molar-refractivity contribution is -0.141. The van der Waals surface area contributed by atoms with Crippen LogP contribution in [0, 0.1) is 5.92 Å². The van der Waals surface area contributed by atoms with Gasteiger partial charge >= 0.3 is 11.7 Å². The molecule has 1 fully saturated rings. The number of halogens is 2. The Hall–Kier alpha value is -0.760. The Labute approximate surface area is 85.5 Å². The van der Waals surface area contributed by atoms with Gasteiger partial charge in [-0.1, -0.05) is 0 Å². The molecule has 1 rings (SSSR count). The molecule has 5 nitrogen and oxygen atoms in total. The summed E-state index contributed by atoms with van der Waals surface area (Å²) in [6.45, 7) is 0. The molecule has 0 aromatic heterocycles. The van der Waals surface area contributed by atoms with Gasteiger partial charge in [0.15, 0.2) is 0 Å². The predicted molar refractivity (Wildman–Crippen MR) is 46.8 cm³/mol. The lowest BCUT2D eigenvalue weighted by atomic mass is 10.1. The molecule has 2 N–H and O–H groups in total. The van der Waals surface area contributed by atoms with Crippen LogP contribution in [0.15, 0.2) is 0 Å². The zero-order chi connectivity index (χ0) is 11.6. The summed E-state index contributed by atoms with van der Waals surface area (Å²) in [4.78, 5) is 10.5. The van der Waals surface area contributed by atoms with Gasteiger partial charge < -0.3 is 5.11 Å². The smallest absolute Gasteiger partial charge is 0.350 e. The number of carboxylic acids is 1. The number of hydrogen-bond acceptors (Lipinski definition) is 3. The van der Waals surface area contributed by atoms with Crippen molar-refractivity contribution >= 4 is 16.0 Å². The number of carbonyl (C=O) groups is 1. The molecule has 0 unspecified atom stereocenters. The van der Waals surface area contributed by atoms with Gasteiger partial charge in [-0.25, -0.2) is 13.1 Å². The first-order chi connectivity index (χ1) is 6.83. The Morgan fingerprint density at radius 3 is 2.40 bits per heavy atom. The monoisotopic (exact) mass is 243 g/mol. The highest BCUT2D eigenvalue weighted by Gasteiger charge is 2.34. The second-order valence-electron chi connectivity index (χ2n) is 3.47. The SMILES string of the molecule is O=C(O)[C@@H]1CC[C@H](NS(=O)(=O)C(F)F)C1. The van der Waals surface area contributed by atoms with E-state index in [0.29, 0.717) is 6.42 Å². The Morgan fingerprint density at radius 1 is 1.40 bits per heavy atom. The highest BCUT2D eigenvalue weighted by atomic mass is 32.2. The minimum Gasteiger partial charge on any atom is -0.481 e. The molecule has 0 radical (unpaired) electrons. The third-order valence-corrected chi connectivity index (χ3v) is 3.48. The molecule has 1 aliphatic carbocycles. The molecule has 0 aromatic rings. The van der Waals surface area contributed by atoms with E-state index in [1.165, 1.54) is 0 Å². The zero-order valence-electron chi connectivity index (χ0n) is 7.69. The standard InChI is InChI=1S/C7H11F2NO4S/c8-7(9)15(13,14)10-5-2-1-4(3-5)6(11)12/h4-5,7,10H,1-3H2,(H,11,12)/t4-,5+/m1/s1. The maximum absolute atomic E-state index is 12.0. The highest BCUT2D eigenvalue weighted by Crippen LogP contribution is 2.26. The van der Waals surface area contributed by atoms with Gasteiger partial charge in [-0.05, 0) is 19.3 Å². The van der Waals surface area contributed by atoms with E-state index in [-0.39, 0.29) is 12.8 Å². The second-order valence-corrected chi connectivity index (χ2v) is 5.15. The molecule has 0 aliphatic heterocycles. The van der Waals surface area contributed by atoms with Crippen LogP contribution in [0.2, 0.25) is 0 Å². The second kappa shape index (κ2) is 4.40. The molecule has 1 aliphatic rings. The summed E-state index contributed by atoms with van der Waals surface area (Å²) in [5, 5.41) is 8.61. The van der Waals surface area contributed by atoms with Gasteiger partial charge in [-0.3, -0.25) is 4.79 Å². The van der Waals surface area contributed by atoms with Crippen molar-refractivity contribution in [3.63, 3.8) is 0 Å². The van der Waals surface area contributed by atoms with Crippen molar-refractivity contribution in [1.29, 1.82) is 0 Å². The number of aliphatic carboxylic acids is 1. The average molecular weight is 243 g/mol. The van der Waals surface area contributed by atoms with E-state index in [1.807, 2.05) is 0 Å². The van der Waals surface area contributed by atoms with Gasteiger partial charge in [0, 0.05) is 6.04 Å². The van der Waals surface area contributed by atoms with Gasteiger partial charge in [0.1, 0.15) is 0 Å². The van der Waals surface area contributed by atoms with E-state index in [9.17, 15) is 22.0 Å². The summed E-state index contributed by atoms with van der Waals surface area (Å²) in [5.41, 5.74) is 0. The highest BCUT2D eigenvalue weighted by molar-refractivity contribution is 7.89. The summed E-state index contributed by atoms with van der Waals surface area (Å²) in [7, 11) is -4.61. The number of alkyl halides is 2. The molecule has 0 saturated heterocycles. The van der Waals surface area contributed by atoms with Crippen molar-refractivity contribution in [1.82, 2.24) is 4.72 Å². The Kier molecular flexibility index (Phi) is 3.61. The van der Waals surface area contributed by atoms with E-state index in [1.54, 1.807) is 4.72 Å². The minimum absolute atomic E-state index is 0.0707. The van der Waals surface area contributed by atoms with Crippen molar-refractivity contribution < 1.29 is 27.1 Å². The van der Waals surface area contributed by atoms with Crippen LogP contribution in [0.5, 0.6) is 0 Å². The van der Waals surface area contributed by atoms with Gasteiger partial charge in [-0.15, -0.1) is 0 Å². The number of rotatable bonds is 4. The van der Waals surface area contributed by atoms with Gasteiger partial charge in [0.25, 0.3) is 10.0 Å². The van der Waals surface area contributed by atoms with Crippen molar-refractivity contribution in [2.45, 2.75) is 31.1 Å². The van der Waals surface area contributed by atoms with Crippen LogP contribution < -0.4 is 4.72 Å². The topological polar surface area (TPSA) is 83.5 Å². The fraction of sp³-hybridized carbons (Fsp3) is 0.857. The number of hydrogen-bond donors (Lipinski definition) is 2. The summed E-state index contributed by atoms with van der Waals surface area (Å²) >= 11 is 0. The average Bonchev–Trinajstić information content (AvgIpc) is 2.51. The third-order valence-electron chi connectivity index (χ3n) is 2.35. The van der Waals surface area contributed by atoms with E-state index in [4.69, 9.17) is 5.11 Å². The van der Waals surface area contributed by atoms with Crippen LogP contribution in [-0.2, 0) is 14.8 Å². The fourth-order valence-electron chi connectivity index (χ4n) is 1.60. The van der Waals surface area contributed by atoms with Crippen LogP contribution in [0.3, 0.4) is 0 Å². The number of nitrogens with one attached hydrogen (secondary N) is 1. The van der Waals surface area contributed by atoms with E-state index in [2.05, 4.69) is 0 Å². The van der Waals surface area contributed by atoms with Crippen molar-refractivity contribution in [3.05, 3.63) is 0 Å². The maximum Gasteiger partial charge on any atom is 0.350 e. The lowest BCUT2D eigenvalue weighted by Crippen LogP contribution is -2.37. The van der Waals surface area contributed by atoms with Crippen LogP contribution in [0.4, 0.5) is 8.78 Å². The number of carboxylic acid groups (broad SMARTS) is 1. The molecule has 0 heterocycles. The number of sulfonamides is 1. The first-order valence-corrected chi connectivity index (χ1v) is 5.89. The molecular weight excluding hydrogens is 232 g/mol. The minimum atomic E-state index is -4.61. The molecule has 0 spiro atoms. The first-order valence-electron chi connectivity index (χ1n) is 4.35. The van der Waals surface area contributed by atoms with E-state index >= 15 is 0 Å². The maximum atomic E-state index is 12.0. The van der Waals surface area contributed by atoms with Crippen molar-refractivity contribution in [2.75, 3.05) is 0 Å². The first kappa shape index (κ1) is 12.3. The molecule has 0 aromatic carbocycles. The Balaban J connectivity index is 2.53.